The van der Waals surface area contributed by atoms with Crippen molar-refractivity contribution in [3.05, 3.63) is 96.1 Å². The third kappa shape index (κ3) is 3.89. The van der Waals surface area contributed by atoms with Crippen LogP contribution in [-0.4, -0.2) is 21.0 Å². The van der Waals surface area contributed by atoms with Crippen LogP contribution in [0.1, 0.15) is 5.56 Å². The Labute approximate surface area is 173 Å². The van der Waals surface area contributed by atoms with Crippen molar-refractivity contribution in [3.8, 4) is 40.0 Å². The molecule has 5 nitrogen and oxygen atoms in total. The van der Waals surface area contributed by atoms with Crippen molar-refractivity contribution >= 4 is 12.0 Å². The van der Waals surface area contributed by atoms with Crippen molar-refractivity contribution in [2.24, 2.45) is 0 Å². The molecule has 0 fully saturated rings. The van der Waals surface area contributed by atoms with Crippen LogP contribution in [-0.2, 0) is 4.79 Å². The Morgan fingerprint density at radius 3 is 2.03 bits per heavy atom. The van der Waals surface area contributed by atoms with E-state index in [1.165, 1.54) is 6.08 Å². The summed E-state index contributed by atoms with van der Waals surface area (Å²) in [6.07, 6.45) is 1.35. The predicted octanol–water partition coefficient (Wildman–Crippen LogP) is 5.40. The number of carboxylic acids is 1. The lowest BCUT2D eigenvalue weighted by atomic mass is 10.1. The van der Waals surface area contributed by atoms with Crippen molar-refractivity contribution in [2.75, 3.05) is 0 Å². The Balaban J connectivity index is 1.76. The number of carboxylic acid groups (broad SMARTS) is 1. The van der Waals surface area contributed by atoms with Gasteiger partial charge in [0.1, 0.15) is 17.5 Å². The lowest BCUT2D eigenvalue weighted by Crippen LogP contribution is -1.97. The minimum Gasteiger partial charge on any atom is -0.477 e. The molecular weight excluding hydrogens is 374 g/mol. The van der Waals surface area contributed by atoms with Gasteiger partial charge in [-0.15, -0.1) is 0 Å². The molecule has 5 heteroatoms. The highest BCUT2D eigenvalue weighted by Gasteiger charge is 2.15. The highest BCUT2D eigenvalue weighted by Crippen LogP contribution is 2.33. The largest absolute Gasteiger partial charge is 0.477 e. The van der Waals surface area contributed by atoms with Crippen LogP contribution < -0.4 is 0 Å². The maximum absolute atomic E-state index is 11.0. The summed E-state index contributed by atoms with van der Waals surface area (Å²) in [6.45, 7) is 0. The third-order valence-corrected chi connectivity index (χ3v) is 4.66. The van der Waals surface area contributed by atoms with E-state index >= 15 is 0 Å². The van der Waals surface area contributed by atoms with Gasteiger partial charge in [-0.25, -0.2) is 9.78 Å². The summed E-state index contributed by atoms with van der Waals surface area (Å²) in [5, 5.41) is 17.9. The number of aromatic amines is 1. The summed E-state index contributed by atoms with van der Waals surface area (Å²) in [7, 11) is 0. The first-order chi connectivity index (χ1) is 14.7. The highest BCUT2D eigenvalue weighted by atomic mass is 16.4. The maximum Gasteiger partial charge on any atom is 0.346 e. The molecule has 4 aromatic rings. The molecule has 3 aromatic carbocycles. The number of hydrogen-bond donors (Lipinski definition) is 2. The zero-order valence-electron chi connectivity index (χ0n) is 15.9. The van der Waals surface area contributed by atoms with E-state index in [1.807, 2.05) is 72.8 Å². The van der Waals surface area contributed by atoms with Gasteiger partial charge in [-0.2, -0.15) is 5.26 Å². The minimum atomic E-state index is -1.24. The number of nitrogens with one attached hydrogen (secondary N) is 1. The van der Waals surface area contributed by atoms with Crippen LogP contribution in [0.3, 0.4) is 0 Å². The molecule has 30 heavy (non-hydrogen) atoms. The molecule has 0 radical (unpaired) electrons. The molecule has 0 atom stereocenters. The Bertz CT molecular complexity index is 1190. The summed E-state index contributed by atoms with van der Waals surface area (Å²) in [6, 6.07) is 28.9. The fraction of sp³-hybridized carbons (Fsp3) is 0. The number of benzene rings is 3. The molecule has 0 saturated carbocycles. The van der Waals surface area contributed by atoms with Crippen LogP contribution >= 0.6 is 0 Å². The molecule has 0 aliphatic rings. The van der Waals surface area contributed by atoms with E-state index in [-0.39, 0.29) is 5.57 Å². The minimum absolute atomic E-state index is 0.307. The van der Waals surface area contributed by atoms with Gasteiger partial charge in [0.2, 0.25) is 0 Å². The average molecular weight is 391 g/mol. The van der Waals surface area contributed by atoms with Crippen molar-refractivity contribution < 1.29 is 9.90 Å². The number of H-pyrrole nitrogens is 1. The van der Waals surface area contributed by atoms with Crippen molar-refractivity contribution in [2.45, 2.75) is 0 Å². The van der Waals surface area contributed by atoms with Gasteiger partial charge in [-0.05, 0) is 11.6 Å². The lowest BCUT2D eigenvalue weighted by Gasteiger charge is -2.02. The first kappa shape index (κ1) is 18.9. The van der Waals surface area contributed by atoms with E-state index in [0.717, 1.165) is 28.1 Å². The summed E-state index contributed by atoms with van der Waals surface area (Å²) in [5.41, 5.74) is 5.03. The third-order valence-electron chi connectivity index (χ3n) is 4.66. The van der Waals surface area contributed by atoms with E-state index in [0.29, 0.717) is 11.4 Å². The number of aromatic nitrogens is 2. The smallest absolute Gasteiger partial charge is 0.346 e. The zero-order valence-corrected chi connectivity index (χ0v) is 15.9. The predicted molar refractivity (Wildman–Crippen MR) is 116 cm³/mol. The van der Waals surface area contributed by atoms with Crippen LogP contribution in [0.25, 0.3) is 40.0 Å². The number of nitriles is 1. The molecule has 0 bridgehead atoms. The van der Waals surface area contributed by atoms with Crippen molar-refractivity contribution in [1.29, 1.82) is 5.26 Å². The molecule has 0 saturated heterocycles. The topological polar surface area (TPSA) is 89.8 Å². The first-order valence-corrected chi connectivity index (χ1v) is 9.32. The fourth-order valence-electron chi connectivity index (χ4n) is 3.17. The highest BCUT2D eigenvalue weighted by molar-refractivity contribution is 5.96. The second kappa shape index (κ2) is 8.29. The number of nitrogens with zero attached hydrogens (tertiary/aromatic N) is 2. The molecular formula is C25H17N3O2. The van der Waals surface area contributed by atoms with Gasteiger partial charge in [0.05, 0.1) is 11.4 Å². The maximum atomic E-state index is 11.0. The fourth-order valence-corrected chi connectivity index (χ4v) is 3.17. The van der Waals surface area contributed by atoms with Crippen LogP contribution in [0.2, 0.25) is 0 Å². The van der Waals surface area contributed by atoms with Gasteiger partial charge in [-0.3, -0.25) is 0 Å². The van der Waals surface area contributed by atoms with E-state index in [1.54, 1.807) is 18.2 Å². The first-order valence-electron chi connectivity index (χ1n) is 9.32. The van der Waals surface area contributed by atoms with Gasteiger partial charge >= 0.3 is 5.97 Å². The van der Waals surface area contributed by atoms with Gasteiger partial charge in [0, 0.05) is 16.7 Å². The monoisotopic (exact) mass is 391 g/mol. The molecule has 1 aromatic heterocycles. The standard InChI is InChI=1S/C25H17N3O2/c26-16-21(25(29)30)15-17-11-13-20(14-12-17)24-27-22(18-7-3-1-4-8-18)23(28-24)19-9-5-2-6-10-19/h1-15H,(H,27,28)(H,29,30)/b21-15-. The van der Waals surface area contributed by atoms with Crippen LogP contribution in [0, 0.1) is 11.3 Å². The Morgan fingerprint density at radius 2 is 1.47 bits per heavy atom. The lowest BCUT2D eigenvalue weighted by molar-refractivity contribution is -0.132. The van der Waals surface area contributed by atoms with Gasteiger partial charge < -0.3 is 10.1 Å². The molecule has 144 valence electrons. The second-order valence-corrected chi connectivity index (χ2v) is 6.64. The van der Waals surface area contributed by atoms with E-state index in [2.05, 4.69) is 4.98 Å². The summed E-state index contributed by atoms with van der Waals surface area (Å²) in [5.74, 6) is -0.533. The van der Waals surface area contributed by atoms with Crippen LogP contribution in [0.4, 0.5) is 0 Å². The molecule has 0 aliphatic heterocycles. The van der Waals surface area contributed by atoms with Gasteiger partial charge in [0.15, 0.2) is 0 Å². The summed E-state index contributed by atoms with van der Waals surface area (Å²) in [4.78, 5) is 19.3. The second-order valence-electron chi connectivity index (χ2n) is 6.64. The van der Waals surface area contributed by atoms with Gasteiger partial charge in [-0.1, -0.05) is 84.9 Å². The number of rotatable bonds is 5. The van der Waals surface area contributed by atoms with Gasteiger partial charge in [0.25, 0.3) is 0 Å². The molecule has 0 amide bonds. The Kier molecular flexibility index (Phi) is 5.23. The van der Waals surface area contributed by atoms with E-state index in [4.69, 9.17) is 15.4 Å². The molecule has 1 heterocycles. The SMILES string of the molecule is N#C/C(=C/c1ccc(-c2nc(-c3ccccc3)c(-c3ccccc3)[nH]2)cc1)C(=O)O. The molecule has 0 aliphatic carbocycles. The van der Waals surface area contributed by atoms with E-state index in [9.17, 15) is 4.79 Å². The Morgan fingerprint density at radius 1 is 0.867 bits per heavy atom. The van der Waals surface area contributed by atoms with Crippen molar-refractivity contribution in [1.82, 2.24) is 9.97 Å². The molecule has 2 N–H and O–H groups in total. The number of carbonyl (C=O) groups is 1. The normalized spacial score (nSPS) is 11.1. The number of imidazole rings is 1. The zero-order chi connectivity index (χ0) is 20.9. The molecule has 4 rings (SSSR count). The van der Waals surface area contributed by atoms with Crippen LogP contribution in [0.15, 0.2) is 90.5 Å². The molecule has 0 unspecified atom stereocenters. The van der Waals surface area contributed by atoms with E-state index < -0.39 is 5.97 Å². The summed E-state index contributed by atoms with van der Waals surface area (Å²) >= 11 is 0. The van der Waals surface area contributed by atoms with Crippen molar-refractivity contribution in [3.63, 3.8) is 0 Å². The summed E-state index contributed by atoms with van der Waals surface area (Å²) < 4.78 is 0. The quantitative estimate of drug-likeness (QED) is 0.352. The van der Waals surface area contributed by atoms with Crippen LogP contribution in [0.5, 0.6) is 0 Å². The Hall–Kier alpha value is -4.43. The average Bonchev–Trinajstić information content (AvgIpc) is 3.24. The molecule has 0 spiro atoms. The number of hydrogen-bond acceptors (Lipinski definition) is 3. The number of aliphatic carboxylic acids is 1.